The predicted molar refractivity (Wildman–Crippen MR) is 92.1 cm³/mol. The Kier molecular flexibility index (Phi) is 4.97. The topological polar surface area (TPSA) is 57.6 Å². The monoisotopic (exact) mass is 343 g/mol. The first-order chi connectivity index (χ1) is 11.6. The Bertz CT molecular complexity index is 734. The van der Waals surface area contributed by atoms with Crippen LogP contribution in [0.5, 0.6) is 0 Å². The molecule has 1 aliphatic heterocycles. The fourth-order valence-corrected chi connectivity index (χ4v) is 3.68. The minimum Gasteiger partial charge on any atom is -0.480 e. The van der Waals surface area contributed by atoms with E-state index in [4.69, 9.17) is 11.6 Å². The number of carboxylic acids is 1. The number of aldehydes is 1. The van der Waals surface area contributed by atoms with E-state index in [0.717, 1.165) is 11.8 Å². The summed E-state index contributed by atoms with van der Waals surface area (Å²) in [5, 5.41) is 10.2. The maximum Gasteiger partial charge on any atom is 0.325 e. The molecule has 124 valence electrons. The molecule has 2 aromatic carbocycles. The zero-order chi connectivity index (χ0) is 17.1. The molecule has 24 heavy (non-hydrogen) atoms. The number of aliphatic carboxylic acids is 1. The fourth-order valence-electron chi connectivity index (χ4n) is 3.44. The summed E-state index contributed by atoms with van der Waals surface area (Å²) in [6.45, 7) is 0.918. The number of nitrogens with zero attached hydrogens (tertiary/aromatic N) is 1. The van der Waals surface area contributed by atoms with Crippen LogP contribution in [0.4, 0.5) is 0 Å². The van der Waals surface area contributed by atoms with Gasteiger partial charge in [-0.3, -0.25) is 9.69 Å². The van der Waals surface area contributed by atoms with E-state index in [2.05, 4.69) is 0 Å². The van der Waals surface area contributed by atoms with Gasteiger partial charge in [0.1, 0.15) is 12.3 Å². The predicted octanol–water partition coefficient (Wildman–Crippen LogP) is 3.38. The first kappa shape index (κ1) is 16.7. The van der Waals surface area contributed by atoms with Gasteiger partial charge in [-0.05, 0) is 17.2 Å². The summed E-state index contributed by atoms with van der Waals surface area (Å²) in [5.74, 6) is -1.19. The van der Waals surface area contributed by atoms with Crippen molar-refractivity contribution >= 4 is 23.9 Å². The van der Waals surface area contributed by atoms with E-state index in [-0.39, 0.29) is 11.8 Å². The van der Waals surface area contributed by atoms with E-state index in [9.17, 15) is 14.7 Å². The quantitative estimate of drug-likeness (QED) is 0.845. The molecule has 4 nitrogen and oxygen atoms in total. The van der Waals surface area contributed by atoms with Crippen LogP contribution in [0.1, 0.15) is 23.1 Å². The zero-order valence-electron chi connectivity index (χ0n) is 13.0. The lowest BCUT2D eigenvalue weighted by Gasteiger charge is -2.25. The third kappa shape index (κ3) is 3.21. The largest absolute Gasteiger partial charge is 0.480 e. The molecule has 5 heteroatoms. The van der Waals surface area contributed by atoms with E-state index < -0.39 is 12.0 Å². The SMILES string of the molecule is O=CC1CN([C@@H](C(=O)O)c2ccccc2Cl)C[C@@H]1c1ccccc1. The van der Waals surface area contributed by atoms with Crippen molar-refractivity contribution in [3.8, 4) is 0 Å². The Morgan fingerprint density at radius 3 is 2.42 bits per heavy atom. The van der Waals surface area contributed by atoms with Gasteiger partial charge in [-0.1, -0.05) is 60.1 Å². The number of halogens is 1. The number of rotatable bonds is 5. The molecule has 0 bridgehead atoms. The molecule has 0 spiro atoms. The second-order valence-electron chi connectivity index (χ2n) is 6.03. The van der Waals surface area contributed by atoms with Gasteiger partial charge in [0.25, 0.3) is 0 Å². The first-order valence-corrected chi connectivity index (χ1v) is 8.21. The highest BCUT2D eigenvalue weighted by molar-refractivity contribution is 6.31. The number of hydrogen-bond donors (Lipinski definition) is 1. The van der Waals surface area contributed by atoms with Crippen LogP contribution >= 0.6 is 11.6 Å². The maximum atomic E-state index is 11.9. The van der Waals surface area contributed by atoms with Gasteiger partial charge in [0, 0.05) is 29.9 Å². The van der Waals surface area contributed by atoms with Gasteiger partial charge < -0.3 is 9.90 Å². The number of benzene rings is 2. The van der Waals surface area contributed by atoms with Gasteiger partial charge in [0.2, 0.25) is 0 Å². The van der Waals surface area contributed by atoms with E-state index in [1.54, 1.807) is 24.3 Å². The molecule has 0 amide bonds. The van der Waals surface area contributed by atoms with Crippen molar-refractivity contribution in [3.05, 3.63) is 70.7 Å². The van der Waals surface area contributed by atoms with Crippen molar-refractivity contribution < 1.29 is 14.7 Å². The molecule has 1 fully saturated rings. The van der Waals surface area contributed by atoms with Gasteiger partial charge >= 0.3 is 5.97 Å². The molecular formula is C19H18ClNO3. The lowest BCUT2D eigenvalue weighted by atomic mass is 9.90. The summed E-state index contributed by atoms with van der Waals surface area (Å²) >= 11 is 6.21. The highest BCUT2D eigenvalue weighted by Crippen LogP contribution is 2.38. The van der Waals surface area contributed by atoms with Crippen LogP contribution < -0.4 is 0 Å². The standard InChI is InChI=1S/C19H18ClNO3/c20-17-9-5-4-8-15(17)18(19(23)24)21-10-14(12-22)16(11-21)13-6-2-1-3-7-13/h1-9,12,14,16,18H,10-11H2,(H,23,24)/t14?,16-,18-/m1/s1. The molecule has 2 aromatic rings. The lowest BCUT2D eigenvalue weighted by Crippen LogP contribution is -2.33. The van der Waals surface area contributed by atoms with Gasteiger partial charge in [0.15, 0.2) is 0 Å². The first-order valence-electron chi connectivity index (χ1n) is 7.83. The molecule has 0 radical (unpaired) electrons. The second kappa shape index (κ2) is 7.16. The van der Waals surface area contributed by atoms with Crippen molar-refractivity contribution in [1.82, 2.24) is 4.90 Å². The van der Waals surface area contributed by atoms with Crippen LogP contribution in [0.25, 0.3) is 0 Å². The number of carbonyl (C=O) groups excluding carboxylic acids is 1. The maximum absolute atomic E-state index is 11.9. The van der Waals surface area contributed by atoms with Crippen molar-refractivity contribution in [2.24, 2.45) is 5.92 Å². The third-order valence-electron chi connectivity index (χ3n) is 4.59. The molecule has 0 aliphatic carbocycles. The summed E-state index contributed by atoms with van der Waals surface area (Å²) in [4.78, 5) is 25.3. The molecule has 0 saturated carbocycles. The molecule has 3 atom stereocenters. The van der Waals surface area contributed by atoms with Crippen LogP contribution in [0.2, 0.25) is 5.02 Å². The molecule has 1 N–H and O–H groups in total. The van der Waals surface area contributed by atoms with Gasteiger partial charge in [-0.2, -0.15) is 0 Å². The van der Waals surface area contributed by atoms with Gasteiger partial charge in [-0.25, -0.2) is 0 Å². The number of hydrogen-bond acceptors (Lipinski definition) is 3. The molecule has 1 heterocycles. The average molecular weight is 344 g/mol. The van der Waals surface area contributed by atoms with E-state index in [0.29, 0.717) is 23.7 Å². The molecule has 1 saturated heterocycles. The summed E-state index contributed by atoms with van der Waals surface area (Å²) in [6.07, 6.45) is 0.934. The Hall–Kier alpha value is -2.17. The third-order valence-corrected chi connectivity index (χ3v) is 4.94. The Balaban J connectivity index is 1.92. The van der Waals surface area contributed by atoms with Crippen molar-refractivity contribution in [1.29, 1.82) is 0 Å². The second-order valence-corrected chi connectivity index (χ2v) is 6.44. The highest BCUT2D eigenvalue weighted by atomic mass is 35.5. The Labute approximate surface area is 145 Å². The van der Waals surface area contributed by atoms with Crippen LogP contribution in [-0.2, 0) is 9.59 Å². The summed E-state index contributed by atoms with van der Waals surface area (Å²) < 4.78 is 0. The normalized spacial score (nSPS) is 22.2. The highest BCUT2D eigenvalue weighted by Gasteiger charge is 2.40. The van der Waals surface area contributed by atoms with E-state index in [1.165, 1.54) is 0 Å². The minimum absolute atomic E-state index is 0.00645. The molecule has 0 aromatic heterocycles. The minimum atomic E-state index is -0.957. The van der Waals surface area contributed by atoms with Crippen molar-refractivity contribution in [2.45, 2.75) is 12.0 Å². The molecular weight excluding hydrogens is 326 g/mol. The van der Waals surface area contributed by atoms with Gasteiger partial charge in [-0.15, -0.1) is 0 Å². The summed E-state index contributed by atoms with van der Waals surface area (Å²) in [7, 11) is 0. The summed E-state index contributed by atoms with van der Waals surface area (Å²) in [5.41, 5.74) is 1.62. The van der Waals surface area contributed by atoms with Crippen LogP contribution in [0.15, 0.2) is 54.6 Å². The molecule has 1 unspecified atom stereocenters. The zero-order valence-corrected chi connectivity index (χ0v) is 13.8. The van der Waals surface area contributed by atoms with E-state index in [1.807, 2.05) is 35.2 Å². The molecule has 3 rings (SSSR count). The van der Waals surface area contributed by atoms with Gasteiger partial charge in [0.05, 0.1) is 0 Å². The lowest BCUT2D eigenvalue weighted by molar-refractivity contribution is -0.143. The van der Waals surface area contributed by atoms with Crippen LogP contribution in [0.3, 0.4) is 0 Å². The number of carboxylic acid groups (broad SMARTS) is 1. The smallest absolute Gasteiger partial charge is 0.325 e. The van der Waals surface area contributed by atoms with Crippen molar-refractivity contribution in [3.63, 3.8) is 0 Å². The fraction of sp³-hybridized carbons (Fsp3) is 0.263. The Morgan fingerprint density at radius 2 is 1.79 bits per heavy atom. The van der Waals surface area contributed by atoms with Crippen molar-refractivity contribution in [2.75, 3.05) is 13.1 Å². The Morgan fingerprint density at radius 1 is 1.12 bits per heavy atom. The average Bonchev–Trinajstić information content (AvgIpc) is 3.01. The van der Waals surface area contributed by atoms with Crippen LogP contribution in [0, 0.1) is 5.92 Å². The summed E-state index contributed by atoms with van der Waals surface area (Å²) in [6, 6.07) is 15.9. The van der Waals surface area contributed by atoms with Crippen LogP contribution in [-0.4, -0.2) is 35.4 Å². The van der Waals surface area contributed by atoms with E-state index >= 15 is 0 Å². The number of carbonyl (C=O) groups is 2. The number of likely N-dealkylation sites (tertiary alicyclic amines) is 1. The molecule has 1 aliphatic rings.